The highest BCUT2D eigenvalue weighted by molar-refractivity contribution is 5.37. The van der Waals surface area contributed by atoms with Crippen molar-refractivity contribution in [3.63, 3.8) is 0 Å². The van der Waals surface area contributed by atoms with Crippen molar-refractivity contribution in [3.05, 3.63) is 23.8 Å². The van der Waals surface area contributed by atoms with Crippen molar-refractivity contribution in [1.29, 1.82) is 0 Å². The number of hydrogen-bond acceptors (Lipinski definition) is 4. The second-order valence-corrected chi connectivity index (χ2v) is 4.66. The number of β-amino-alcohol motifs (C(OH)–C–C–N with tert-alkyl or cyclic N) is 1. The first-order chi connectivity index (χ1) is 8.15. The van der Waals surface area contributed by atoms with Gasteiger partial charge in [0.05, 0.1) is 6.10 Å². The summed E-state index contributed by atoms with van der Waals surface area (Å²) < 4.78 is 0. The van der Waals surface area contributed by atoms with Gasteiger partial charge >= 0.3 is 0 Å². The summed E-state index contributed by atoms with van der Waals surface area (Å²) in [6.45, 7) is 2.59. The van der Waals surface area contributed by atoms with Crippen molar-refractivity contribution in [2.75, 3.05) is 19.6 Å². The predicted octanol–water partition coefficient (Wildman–Crippen LogP) is 1.62. The maximum Gasteiger partial charge on any atom is 0.119 e. The summed E-state index contributed by atoms with van der Waals surface area (Å²) in [6.07, 6.45) is 2.96. The molecule has 17 heavy (non-hydrogen) atoms. The number of aliphatic hydroxyl groups is 1. The van der Waals surface area contributed by atoms with Crippen LogP contribution in [0.15, 0.2) is 18.2 Å². The Morgan fingerprint density at radius 2 is 1.59 bits per heavy atom. The van der Waals surface area contributed by atoms with E-state index in [1.54, 1.807) is 0 Å². The number of piperidine rings is 1. The first-order valence-electron chi connectivity index (χ1n) is 6.08. The number of benzene rings is 1. The van der Waals surface area contributed by atoms with Gasteiger partial charge in [-0.05, 0) is 43.6 Å². The summed E-state index contributed by atoms with van der Waals surface area (Å²) >= 11 is 0. The minimum absolute atomic E-state index is 0.0160. The average molecular weight is 237 g/mol. The van der Waals surface area contributed by atoms with Gasteiger partial charge in [0, 0.05) is 12.6 Å². The van der Waals surface area contributed by atoms with Gasteiger partial charge in [-0.1, -0.05) is 6.42 Å². The Bertz CT molecular complexity index is 355. The van der Waals surface area contributed by atoms with Crippen LogP contribution in [0.25, 0.3) is 0 Å². The molecule has 1 fully saturated rings. The van der Waals surface area contributed by atoms with Gasteiger partial charge in [-0.2, -0.15) is 0 Å². The van der Waals surface area contributed by atoms with E-state index in [1.165, 1.54) is 37.5 Å². The Labute approximate surface area is 101 Å². The van der Waals surface area contributed by atoms with Crippen LogP contribution in [-0.2, 0) is 0 Å². The highest BCUT2D eigenvalue weighted by Crippen LogP contribution is 2.25. The van der Waals surface area contributed by atoms with Gasteiger partial charge in [-0.15, -0.1) is 0 Å². The van der Waals surface area contributed by atoms with Gasteiger partial charge in [0.25, 0.3) is 0 Å². The minimum atomic E-state index is -0.661. The third-order valence-corrected chi connectivity index (χ3v) is 3.19. The van der Waals surface area contributed by atoms with Gasteiger partial charge < -0.3 is 20.2 Å². The lowest BCUT2D eigenvalue weighted by Gasteiger charge is -2.28. The summed E-state index contributed by atoms with van der Waals surface area (Å²) in [7, 11) is 0. The number of likely N-dealkylation sites (tertiary alicyclic amines) is 1. The highest BCUT2D eigenvalue weighted by Gasteiger charge is 2.16. The van der Waals surface area contributed by atoms with Crippen LogP contribution in [0.5, 0.6) is 11.5 Å². The molecule has 0 amide bonds. The van der Waals surface area contributed by atoms with E-state index >= 15 is 0 Å². The number of nitrogens with zero attached hydrogens (tertiary/aromatic N) is 1. The van der Waals surface area contributed by atoms with Crippen molar-refractivity contribution in [2.45, 2.75) is 25.4 Å². The topological polar surface area (TPSA) is 63.9 Å². The lowest BCUT2D eigenvalue weighted by Crippen LogP contribution is -2.33. The molecule has 1 aliphatic rings. The Balaban J connectivity index is 2.00. The second-order valence-electron chi connectivity index (χ2n) is 4.66. The molecule has 2 rings (SSSR count). The van der Waals surface area contributed by atoms with Crippen LogP contribution in [0.3, 0.4) is 0 Å². The zero-order valence-electron chi connectivity index (χ0n) is 9.84. The molecule has 1 aromatic rings. The second kappa shape index (κ2) is 5.38. The van der Waals surface area contributed by atoms with Gasteiger partial charge in [0.15, 0.2) is 0 Å². The van der Waals surface area contributed by atoms with Gasteiger partial charge in [-0.3, -0.25) is 0 Å². The fraction of sp³-hybridized carbons (Fsp3) is 0.538. The van der Waals surface area contributed by atoms with Crippen LogP contribution < -0.4 is 0 Å². The van der Waals surface area contributed by atoms with Crippen molar-refractivity contribution in [1.82, 2.24) is 4.90 Å². The Kier molecular flexibility index (Phi) is 3.86. The van der Waals surface area contributed by atoms with Gasteiger partial charge in [0.1, 0.15) is 11.5 Å². The predicted molar refractivity (Wildman–Crippen MR) is 65.0 cm³/mol. The molecule has 0 bridgehead atoms. The van der Waals surface area contributed by atoms with Gasteiger partial charge in [0.2, 0.25) is 0 Å². The zero-order valence-corrected chi connectivity index (χ0v) is 9.84. The molecule has 1 heterocycles. The molecule has 1 aromatic carbocycles. The third kappa shape index (κ3) is 3.35. The van der Waals surface area contributed by atoms with E-state index in [1.807, 2.05) is 0 Å². The Morgan fingerprint density at radius 1 is 1.00 bits per heavy atom. The van der Waals surface area contributed by atoms with Crippen LogP contribution in [0.1, 0.15) is 30.9 Å². The highest BCUT2D eigenvalue weighted by atomic mass is 16.3. The molecular weight excluding hydrogens is 218 g/mol. The molecule has 1 atom stereocenters. The molecule has 1 saturated heterocycles. The first-order valence-corrected chi connectivity index (χ1v) is 6.08. The molecule has 0 aromatic heterocycles. The number of phenolic OH excluding ortho intramolecular Hbond substituents is 2. The summed E-state index contributed by atoms with van der Waals surface area (Å²) in [4.78, 5) is 2.22. The lowest BCUT2D eigenvalue weighted by atomic mass is 10.1. The fourth-order valence-corrected chi connectivity index (χ4v) is 2.30. The molecule has 0 saturated carbocycles. The summed E-state index contributed by atoms with van der Waals surface area (Å²) in [5.41, 5.74) is 0.563. The zero-order chi connectivity index (χ0) is 12.3. The SMILES string of the molecule is Oc1cc(O)cc([C@H](O)CN2CCCCC2)c1. The van der Waals surface area contributed by atoms with Crippen molar-refractivity contribution in [2.24, 2.45) is 0 Å². The van der Waals surface area contributed by atoms with E-state index in [-0.39, 0.29) is 11.5 Å². The largest absolute Gasteiger partial charge is 0.508 e. The molecule has 0 spiro atoms. The lowest BCUT2D eigenvalue weighted by molar-refractivity contribution is 0.101. The van der Waals surface area contributed by atoms with E-state index in [0.717, 1.165) is 13.1 Å². The van der Waals surface area contributed by atoms with Crippen LogP contribution >= 0.6 is 0 Å². The quantitative estimate of drug-likeness (QED) is 0.747. The Hall–Kier alpha value is -1.26. The van der Waals surface area contributed by atoms with Crippen molar-refractivity contribution in [3.8, 4) is 11.5 Å². The van der Waals surface area contributed by atoms with Crippen molar-refractivity contribution < 1.29 is 15.3 Å². The Morgan fingerprint density at radius 3 is 2.18 bits per heavy atom. The molecule has 4 heteroatoms. The smallest absolute Gasteiger partial charge is 0.119 e. The number of hydrogen-bond donors (Lipinski definition) is 3. The van der Waals surface area contributed by atoms with Crippen LogP contribution in [0.2, 0.25) is 0 Å². The molecule has 0 radical (unpaired) electrons. The number of phenols is 2. The summed E-state index contributed by atoms with van der Waals surface area (Å²) in [5, 5.41) is 28.8. The van der Waals surface area contributed by atoms with Crippen molar-refractivity contribution >= 4 is 0 Å². The molecular formula is C13H19NO3. The monoisotopic (exact) mass is 237 g/mol. The molecule has 4 nitrogen and oxygen atoms in total. The van der Waals surface area contributed by atoms with Crippen LogP contribution in [-0.4, -0.2) is 39.9 Å². The fourth-order valence-electron chi connectivity index (χ4n) is 2.30. The number of rotatable bonds is 3. The van der Waals surface area contributed by atoms with E-state index in [9.17, 15) is 15.3 Å². The maximum atomic E-state index is 10.1. The molecule has 1 aliphatic heterocycles. The molecule has 0 unspecified atom stereocenters. The third-order valence-electron chi connectivity index (χ3n) is 3.19. The maximum absolute atomic E-state index is 10.1. The standard InChI is InChI=1S/C13H19NO3/c15-11-6-10(7-12(16)8-11)13(17)9-14-4-2-1-3-5-14/h6-8,13,15-17H,1-5,9H2/t13-/m1/s1. The molecule has 0 aliphatic carbocycles. The number of aromatic hydroxyl groups is 2. The molecule has 94 valence electrons. The summed E-state index contributed by atoms with van der Waals surface area (Å²) in [6, 6.07) is 4.25. The number of aliphatic hydroxyl groups excluding tert-OH is 1. The first kappa shape index (κ1) is 12.2. The summed E-state index contributed by atoms with van der Waals surface area (Å²) in [5.74, 6) is -0.0320. The van der Waals surface area contributed by atoms with Crippen LogP contribution in [0, 0.1) is 0 Å². The van der Waals surface area contributed by atoms with E-state index in [0.29, 0.717) is 12.1 Å². The van der Waals surface area contributed by atoms with Crippen LogP contribution in [0.4, 0.5) is 0 Å². The van der Waals surface area contributed by atoms with E-state index < -0.39 is 6.10 Å². The normalized spacial score (nSPS) is 19.1. The average Bonchev–Trinajstić information content (AvgIpc) is 2.29. The van der Waals surface area contributed by atoms with Gasteiger partial charge in [-0.25, -0.2) is 0 Å². The van der Waals surface area contributed by atoms with E-state index in [4.69, 9.17) is 0 Å². The molecule has 3 N–H and O–H groups in total. The minimum Gasteiger partial charge on any atom is -0.508 e. The van der Waals surface area contributed by atoms with E-state index in [2.05, 4.69) is 4.90 Å².